The van der Waals surface area contributed by atoms with Crippen LogP contribution in [0.2, 0.25) is 0 Å². The average Bonchev–Trinajstić information content (AvgIpc) is 2.65. The quantitative estimate of drug-likeness (QED) is 0.831. The summed E-state index contributed by atoms with van der Waals surface area (Å²) < 4.78 is 1.61. The van der Waals surface area contributed by atoms with Gasteiger partial charge in [-0.25, -0.2) is 4.79 Å². The molecule has 1 rings (SSSR count). The number of aryl methyl sites for hydroxylation is 2. The van der Waals surface area contributed by atoms with Gasteiger partial charge >= 0.3 is 5.97 Å². The number of carboxylic acid groups (broad SMARTS) is 1. The Morgan fingerprint density at radius 2 is 1.95 bits per heavy atom. The van der Waals surface area contributed by atoms with Crippen LogP contribution < -0.4 is 5.32 Å². The van der Waals surface area contributed by atoms with Crippen molar-refractivity contribution in [3.8, 4) is 0 Å². The largest absolute Gasteiger partial charge is 0.480 e. The maximum atomic E-state index is 12.2. The SMILES string of the molecule is Cc1cc(C)n([C@@H](C)C(=O)N[C@@H](CC(C)C)C(=O)O)n1. The molecule has 0 aliphatic heterocycles. The number of amides is 1. The summed E-state index contributed by atoms with van der Waals surface area (Å²) in [4.78, 5) is 23.3. The van der Waals surface area contributed by atoms with E-state index >= 15 is 0 Å². The molecule has 6 nitrogen and oxygen atoms in total. The summed E-state index contributed by atoms with van der Waals surface area (Å²) in [6.07, 6.45) is 0.408. The number of hydrogen-bond donors (Lipinski definition) is 2. The van der Waals surface area contributed by atoms with Gasteiger partial charge in [0, 0.05) is 5.69 Å². The number of carbonyl (C=O) groups is 2. The average molecular weight is 281 g/mol. The van der Waals surface area contributed by atoms with Crippen LogP contribution in [-0.2, 0) is 9.59 Å². The summed E-state index contributed by atoms with van der Waals surface area (Å²) in [5.74, 6) is -1.14. The van der Waals surface area contributed by atoms with Crippen LogP contribution in [0.1, 0.15) is 44.6 Å². The second kappa shape index (κ2) is 6.54. The van der Waals surface area contributed by atoms with E-state index in [4.69, 9.17) is 5.11 Å². The third-order valence-electron chi connectivity index (χ3n) is 3.11. The Hall–Kier alpha value is -1.85. The van der Waals surface area contributed by atoms with Crippen molar-refractivity contribution in [1.82, 2.24) is 15.1 Å². The van der Waals surface area contributed by atoms with Crippen LogP contribution in [0.5, 0.6) is 0 Å². The maximum Gasteiger partial charge on any atom is 0.326 e. The first-order valence-electron chi connectivity index (χ1n) is 6.78. The molecular weight excluding hydrogens is 258 g/mol. The van der Waals surface area contributed by atoms with Gasteiger partial charge in [-0.2, -0.15) is 5.10 Å². The number of hydrogen-bond acceptors (Lipinski definition) is 3. The third kappa shape index (κ3) is 4.08. The highest BCUT2D eigenvalue weighted by atomic mass is 16.4. The first kappa shape index (κ1) is 16.2. The minimum absolute atomic E-state index is 0.195. The van der Waals surface area contributed by atoms with Crippen LogP contribution in [0.3, 0.4) is 0 Å². The minimum atomic E-state index is -1.01. The summed E-state index contributed by atoms with van der Waals surface area (Å²) >= 11 is 0. The van der Waals surface area contributed by atoms with Gasteiger partial charge in [-0.1, -0.05) is 13.8 Å². The zero-order valence-electron chi connectivity index (χ0n) is 12.7. The lowest BCUT2D eigenvalue weighted by molar-refractivity contribution is -0.142. The molecule has 0 aromatic carbocycles. The molecule has 112 valence electrons. The monoisotopic (exact) mass is 281 g/mol. The van der Waals surface area contributed by atoms with Crippen molar-refractivity contribution >= 4 is 11.9 Å². The van der Waals surface area contributed by atoms with E-state index in [-0.39, 0.29) is 11.8 Å². The van der Waals surface area contributed by atoms with Crippen LogP contribution in [0.4, 0.5) is 0 Å². The van der Waals surface area contributed by atoms with Crippen molar-refractivity contribution in [3.63, 3.8) is 0 Å². The molecule has 1 aromatic heterocycles. The molecule has 6 heteroatoms. The molecule has 20 heavy (non-hydrogen) atoms. The number of aliphatic carboxylic acids is 1. The van der Waals surface area contributed by atoms with E-state index in [0.717, 1.165) is 11.4 Å². The van der Waals surface area contributed by atoms with Crippen molar-refractivity contribution < 1.29 is 14.7 Å². The maximum absolute atomic E-state index is 12.2. The summed E-state index contributed by atoms with van der Waals surface area (Å²) in [6, 6.07) is 0.492. The van der Waals surface area contributed by atoms with Gasteiger partial charge in [-0.15, -0.1) is 0 Å². The number of rotatable bonds is 6. The van der Waals surface area contributed by atoms with Gasteiger partial charge in [0.25, 0.3) is 0 Å². The fourth-order valence-corrected chi connectivity index (χ4v) is 2.13. The number of carbonyl (C=O) groups excluding carboxylic acids is 1. The Morgan fingerprint density at radius 3 is 2.35 bits per heavy atom. The summed E-state index contributed by atoms with van der Waals surface area (Å²) in [7, 11) is 0. The molecule has 0 aliphatic carbocycles. The van der Waals surface area contributed by atoms with Crippen LogP contribution in [-0.4, -0.2) is 32.8 Å². The minimum Gasteiger partial charge on any atom is -0.480 e. The topological polar surface area (TPSA) is 84.2 Å². The molecule has 1 amide bonds. The Bertz CT molecular complexity index is 494. The van der Waals surface area contributed by atoms with Gasteiger partial charge in [0.15, 0.2) is 0 Å². The Balaban J connectivity index is 2.78. The standard InChI is InChI=1S/C14H23N3O3/c1-8(2)6-12(14(19)20)15-13(18)11(5)17-10(4)7-9(3)16-17/h7-8,11-12H,6H2,1-5H3,(H,15,18)(H,19,20)/t11-,12-/m0/s1. The molecule has 2 N–H and O–H groups in total. The fourth-order valence-electron chi connectivity index (χ4n) is 2.13. The molecular formula is C14H23N3O3. The Kier molecular flexibility index (Phi) is 5.30. The fraction of sp³-hybridized carbons (Fsp3) is 0.643. The van der Waals surface area contributed by atoms with E-state index < -0.39 is 18.1 Å². The number of aromatic nitrogens is 2. The molecule has 0 saturated carbocycles. The van der Waals surface area contributed by atoms with Crippen LogP contribution in [0.15, 0.2) is 6.07 Å². The van der Waals surface area contributed by atoms with E-state index in [1.807, 2.05) is 33.8 Å². The van der Waals surface area contributed by atoms with Crippen molar-refractivity contribution in [2.24, 2.45) is 5.92 Å². The van der Waals surface area contributed by atoms with Crippen LogP contribution >= 0.6 is 0 Å². The van der Waals surface area contributed by atoms with E-state index in [1.54, 1.807) is 11.6 Å². The molecule has 0 fully saturated rings. The zero-order chi connectivity index (χ0) is 15.4. The zero-order valence-corrected chi connectivity index (χ0v) is 12.7. The summed E-state index contributed by atoms with van der Waals surface area (Å²) in [6.45, 7) is 9.28. The number of nitrogens with zero attached hydrogens (tertiary/aromatic N) is 2. The van der Waals surface area contributed by atoms with Crippen LogP contribution in [0, 0.1) is 19.8 Å². The van der Waals surface area contributed by atoms with Gasteiger partial charge in [0.05, 0.1) is 5.69 Å². The molecule has 1 heterocycles. The third-order valence-corrected chi connectivity index (χ3v) is 3.11. The lowest BCUT2D eigenvalue weighted by atomic mass is 10.0. The van der Waals surface area contributed by atoms with Crippen molar-refractivity contribution in [2.45, 2.75) is 53.1 Å². The highest BCUT2D eigenvalue weighted by molar-refractivity contribution is 5.85. The first-order valence-corrected chi connectivity index (χ1v) is 6.78. The molecule has 0 unspecified atom stereocenters. The first-order chi connectivity index (χ1) is 9.22. The van der Waals surface area contributed by atoms with E-state index in [0.29, 0.717) is 6.42 Å². The van der Waals surface area contributed by atoms with Gasteiger partial charge in [-0.05, 0) is 39.2 Å². The van der Waals surface area contributed by atoms with E-state index in [1.165, 1.54) is 0 Å². The van der Waals surface area contributed by atoms with Crippen molar-refractivity contribution in [2.75, 3.05) is 0 Å². The lowest BCUT2D eigenvalue weighted by Gasteiger charge is -2.20. The Labute approximate surface area is 119 Å². The van der Waals surface area contributed by atoms with E-state index in [9.17, 15) is 9.59 Å². The highest BCUT2D eigenvalue weighted by Gasteiger charge is 2.25. The molecule has 1 aromatic rings. The molecule has 2 atom stereocenters. The summed E-state index contributed by atoms with van der Waals surface area (Å²) in [5, 5.41) is 16.0. The second-order valence-electron chi connectivity index (χ2n) is 5.58. The Morgan fingerprint density at radius 1 is 1.35 bits per heavy atom. The predicted molar refractivity (Wildman–Crippen MR) is 75.4 cm³/mol. The van der Waals surface area contributed by atoms with Gasteiger partial charge in [-0.3, -0.25) is 9.48 Å². The lowest BCUT2D eigenvalue weighted by Crippen LogP contribution is -2.44. The predicted octanol–water partition coefficient (Wildman–Crippen LogP) is 1.68. The van der Waals surface area contributed by atoms with Gasteiger partial charge in [0.2, 0.25) is 5.91 Å². The number of nitrogens with one attached hydrogen (secondary N) is 1. The highest BCUT2D eigenvalue weighted by Crippen LogP contribution is 2.12. The van der Waals surface area contributed by atoms with Crippen LogP contribution in [0.25, 0.3) is 0 Å². The molecule has 0 aliphatic rings. The molecule has 0 saturated heterocycles. The molecule has 0 bridgehead atoms. The molecule has 0 spiro atoms. The molecule has 0 radical (unpaired) electrons. The van der Waals surface area contributed by atoms with Gasteiger partial charge in [0.1, 0.15) is 12.1 Å². The number of carboxylic acids is 1. The van der Waals surface area contributed by atoms with Crippen molar-refractivity contribution in [3.05, 3.63) is 17.5 Å². The summed E-state index contributed by atoms with van der Waals surface area (Å²) in [5.41, 5.74) is 1.71. The second-order valence-corrected chi connectivity index (χ2v) is 5.58. The normalized spacial score (nSPS) is 14.1. The van der Waals surface area contributed by atoms with Gasteiger partial charge < -0.3 is 10.4 Å². The van der Waals surface area contributed by atoms with Crippen molar-refractivity contribution in [1.29, 1.82) is 0 Å². The van der Waals surface area contributed by atoms with E-state index in [2.05, 4.69) is 10.4 Å². The smallest absolute Gasteiger partial charge is 0.326 e.